The zero-order valence-electron chi connectivity index (χ0n) is 81.8. The molecule has 0 amide bonds. The van der Waals surface area contributed by atoms with Gasteiger partial charge in [-0.15, -0.1) is 0 Å². The SMILES string of the molecule is CC(C)(C)c1ccc([S+]2CCOCC2)cc1.CCC1(OC(=O)COC(=O)C(C)(F)F)C2CC3CC(C2)CC1C3.CCOC(=O)C(OCCC(F)(F)C(C)(F)F)(OC(=O)C12CC3CC(CC(C3)C1)C2)C(F)(F)F.CCOC(=O)C(OCCC(F)(F)C(C)(F)F)(OC(=O)C12CC3CC(CC(C3)C1)C2)C(F)(F)F.c1ccc([S+](c2ccccc2)c2ccccc2)cc1.c1ccc([S+](c2ccccc2)c2ccccc2)cc1. The van der Waals surface area contributed by atoms with Crippen molar-refractivity contribution in [1.29, 1.82) is 0 Å². The molecule has 13 aliphatic rings. The lowest BCUT2D eigenvalue weighted by atomic mass is 9.49. The molecular weight excluding hydrogens is 1950 g/mol. The van der Waals surface area contributed by atoms with Crippen LogP contribution in [0.3, 0.4) is 0 Å². The average Bonchev–Trinajstić information content (AvgIpc) is 0.734. The molecule has 12 aliphatic carbocycles. The summed E-state index contributed by atoms with van der Waals surface area (Å²) in [5.41, 5.74) is -1.28. The van der Waals surface area contributed by atoms with Gasteiger partial charge in [0.2, 0.25) is 0 Å². The van der Waals surface area contributed by atoms with Gasteiger partial charge in [0.1, 0.15) is 17.1 Å². The van der Waals surface area contributed by atoms with E-state index in [1.54, 1.807) is 0 Å². The highest BCUT2D eigenvalue weighted by molar-refractivity contribution is 7.97. The maximum Gasteiger partial charge on any atom is 0.468 e. The van der Waals surface area contributed by atoms with Gasteiger partial charge in [-0.1, -0.05) is 149 Å². The molecular formula is C109H129F16O15S3+3. The van der Waals surface area contributed by atoms with Crippen LogP contribution < -0.4 is 0 Å². The van der Waals surface area contributed by atoms with E-state index in [1.807, 2.05) is 6.92 Å². The summed E-state index contributed by atoms with van der Waals surface area (Å²) < 4.78 is 259. The number of halogens is 16. The van der Waals surface area contributed by atoms with E-state index in [4.69, 9.17) is 18.9 Å². The molecule has 13 fully saturated rings. The monoisotopic (exact) mass is 2080 g/mol. The van der Waals surface area contributed by atoms with Crippen molar-refractivity contribution in [1.82, 2.24) is 0 Å². The van der Waals surface area contributed by atoms with E-state index in [1.165, 1.54) is 71.6 Å². The first-order valence-corrected chi connectivity index (χ1v) is 53.0. The first kappa shape index (κ1) is 113. The molecule has 12 saturated carbocycles. The predicted molar refractivity (Wildman–Crippen MR) is 509 cm³/mol. The molecule has 12 bridgehead atoms. The number of hydrogen-bond donors (Lipinski definition) is 0. The van der Waals surface area contributed by atoms with E-state index >= 15 is 0 Å². The third-order valence-electron chi connectivity index (χ3n) is 28.9. The van der Waals surface area contributed by atoms with Crippen LogP contribution in [0.1, 0.15) is 196 Å². The number of esters is 6. The topological polar surface area (TPSA) is 185 Å². The summed E-state index contributed by atoms with van der Waals surface area (Å²) in [5.74, 6) is -34.6. The van der Waals surface area contributed by atoms with Crippen molar-refractivity contribution < 1.29 is 142 Å². The van der Waals surface area contributed by atoms with Gasteiger partial charge in [-0.25, -0.2) is 36.7 Å². The zero-order chi connectivity index (χ0) is 104. The van der Waals surface area contributed by atoms with Crippen molar-refractivity contribution in [3.8, 4) is 0 Å². The van der Waals surface area contributed by atoms with Crippen molar-refractivity contribution in [3.63, 3.8) is 0 Å². The fourth-order valence-corrected chi connectivity index (χ4v) is 28.9. The predicted octanol–water partition coefficient (Wildman–Crippen LogP) is 26.4. The summed E-state index contributed by atoms with van der Waals surface area (Å²) in [6.07, 6.45) is -1.74. The summed E-state index contributed by atoms with van der Waals surface area (Å²) in [5, 5.41) is 0. The summed E-state index contributed by atoms with van der Waals surface area (Å²) in [6, 6.07) is 73.5. The summed E-state index contributed by atoms with van der Waals surface area (Å²) in [4.78, 5) is 83.7. The fourth-order valence-electron chi connectivity index (χ4n) is 22.9. The minimum atomic E-state index is -5.71. The van der Waals surface area contributed by atoms with Crippen LogP contribution in [0.2, 0.25) is 0 Å². The lowest BCUT2D eigenvalue weighted by Gasteiger charge is -2.60. The van der Waals surface area contributed by atoms with Crippen LogP contribution >= 0.6 is 0 Å². The Morgan fingerprint density at radius 3 is 0.909 bits per heavy atom. The van der Waals surface area contributed by atoms with Gasteiger partial charge in [0, 0.05) is 44.5 Å². The van der Waals surface area contributed by atoms with Gasteiger partial charge in [-0.2, -0.15) is 52.7 Å². The Bertz CT molecular complexity index is 4740. The highest BCUT2D eigenvalue weighted by atomic mass is 32.2. The lowest BCUT2D eigenvalue weighted by Crippen LogP contribution is -2.61. The first-order chi connectivity index (χ1) is 67.3. The number of carbonyl (C=O) groups is 6. The van der Waals surface area contributed by atoms with Crippen LogP contribution in [0.15, 0.2) is 241 Å². The fraction of sp³-hybridized carbons (Fsp3) is 0.560. The minimum absolute atomic E-state index is 0.0146. The molecule has 1 heterocycles. The molecule has 143 heavy (non-hydrogen) atoms. The van der Waals surface area contributed by atoms with Crippen molar-refractivity contribution in [3.05, 3.63) is 212 Å². The van der Waals surface area contributed by atoms with Crippen molar-refractivity contribution in [2.24, 2.45) is 70.0 Å². The number of ether oxygens (including phenoxy) is 9. The van der Waals surface area contributed by atoms with Crippen LogP contribution in [-0.2, 0) is 109 Å². The Hall–Kier alpha value is -8.83. The third kappa shape index (κ3) is 27.6. The lowest BCUT2D eigenvalue weighted by molar-refractivity contribution is -0.361. The van der Waals surface area contributed by atoms with Crippen molar-refractivity contribution in [2.75, 3.05) is 57.8 Å². The van der Waals surface area contributed by atoms with Crippen LogP contribution in [0.25, 0.3) is 0 Å². The third-order valence-corrected chi connectivity index (χ3v) is 35.6. The quantitative estimate of drug-likeness (QED) is 0.0136. The molecule has 15 nitrogen and oxygen atoms in total. The highest BCUT2D eigenvalue weighted by Crippen LogP contribution is 2.64. The van der Waals surface area contributed by atoms with E-state index in [0.717, 1.165) is 95.7 Å². The summed E-state index contributed by atoms with van der Waals surface area (Å²) >= 11 is 0. The molecule has 0 N–H and O–H groups in total. The number of carbonyl (C=O) groups excluding carboxylic acids is 6. The van der Waals surface area contributed by atoms with E-state index in [9.17, 15) is 99.0 Å². The molecule has 782 valence electrons. The van der Waals surface area contributed by atoms with Gasteiger partial charge in [-0.3, -0.25) is 9.59 Å². The maximum atomic E-state index is 14.1. The number of benzene rings is 7. The molecule has 34 heteroatoms. The van der Waals surface area contributed by atoms with E-state index < -0.39 is 152 Å². The molecule has 0 aromatic heterocycles. The van der Waals surface area contributed by atoms with Gasteiger partial charge < -0.3 is 42.6 Å². The molecule has 0 spiro atoms. The first-order valence-electron chi connectivity index (χ1n) is 49.0. The average molecular weight is 2080 g/mol. The van der Waals surface area contributed by atoms with E-state index in [-0.39, 0.29) is 76.6 Å². The van der Waals surface area contributed by atoms with Crippen LogP contribution in [0, 0.1) is 70.0 Å². The molecule has 1 aliphatic heterocycles. The summed E-state index contributed by atoms with van der Waals surface area (Å²) in [6.45, 7) is 8.18. The van der Waals surface area contributed by atoms with Crippen LogP contribution in [0.4, 0.5) is 70.2 Å². The Balaban J connectivity index is 0.000000156. The van der Waals surface area contributed by atoms with Crippen LogP contribution in [-0.4, -0.2) is 153 Å². The van der Waals surface area contributed by atoms with Gasteiger partial charge in [0.05, 0.1) is 72.3 Å². The highest BCUT2D eigenvalue weighted by Gasteiger charge is 2.72. The molecule has 1 saturated heterocycles. The second-order valence-corrected chi connectivity index (χ2v) is 46.9. The van der Waals surface area contributed by atoms with Gasteiger partial charge >= 0.3 is 89.4 Å². The largest absolute Gasteiger partial charge is 0.468 e. The maximum absolute atomic E-state index is 14.1. The van der Waals surface area contributed by atoms with E-state index in [2.05, 4.69) is 251 Å². The summed E-state index contributed by atoms with van der Waals surface area (Å²) in [7, 11) is 0.403. The number of hydrogen-bond acceptors (Lipinski definition) is 15. The van der Waals surface area contributed by atoms with Crippen molar-refractivity contribution in [2.45, 2.75) is 290 Å². The number of alkyl halides is 16. The molecule has 7 aromatic rings. The standard InChI is InChI=1S/2C21H27F7O5.2C18H15S.C17H24F2O4.C14H21OS/c2*1-3-31-16(30)20(21(26,27)28,32-5-4-19(24,25)17(2,22)23)33-15(29)18-9-12-6-13(10-18)8-14(7-12)11-18;2*1-4-10-16(11-5-1)19(17-12-6-2-7-13-17)18-14-8-3-9-15-18;1-3-17(23-14(20)9-22-15(21)16(2,18)19)12-5-10-4-11(7-12)8-13(17)6-10;1-14(2,3)12-4-6-13(7-5-12)16-10-8-15-9-11-16/h2*12-14H,3-11H2,1-2H3;2*1-15H;10-13H,3-9H2,1-2H3;4-7H,8-11H2,1-3H3/q;;2*+1;;+1. The van der Waals surface area contributed by atoms with Crippen LogP contribution in [0.5, 0.6) is 0 Å². The zero-order valence-corrected chi connectivity index (χ0v) is 84.3. The normalized spacial score (nSPS) is 25.5. The van der Waals surface area contributed by atoms with Gasteiger partial charge in [0.25, 0.3) is 0 Å². The Morgan fingerprint density at radius 2 is 0.657 bits per heavy atom. The Labute approximate surface area is 834 Å². The second-order valence-electron chi connectivity index (χ2n) is 40.6. The van der Waals surface area contributed by atoms with Gasteiger partial charge in [0.15, 0.2) is 40.9 Å². The second kappa shape index (κ2) is 47.1. The minimum Gasteiger partial charge on any atom is -0.461 e. The van der Waals surface area contributed by atoms with E-state index in [0.29, 0.717) is 68.2 Å². The molecule has 0 radical (unpaired) electrons. The van der Waals surface area contributed by atoms with Gasteiger partial charge in [-0.05, 0) is 285 Å². The molecule has 2 atom stereocenters. The molecule has 2 unspecified atom stereocenters. The Kier molecular flexibility index (Phi) is 37.2. The molecule has 20 rings (SSSR count). The Morgan fingerprint density at radius 1 is 0.371 bits per heavy atom. The number of rotatable bonds is 30. The smallest absolute Gasteiger partial charge is 0.461 e. The molecule has 7 aromatic carbocycles. The van der Waals surface area contributed by atoms with Crippen molar-refractivity contribution >= 4 is 68.5 Å².